The van der Waals surface area contributed by atoms with E-state index < -0.39 is 0 Å². The molecule has 1 amide bonds. The number of hydrogen-bond acceptors (Lipinski definition) is 5. The van der Waals surface area contributed by atoms with E-state index in [-0.39, 0.29) is 17.5 Å². The average Bonchev–Trinajstić information content (AvgIpc) is 3.15. The van der Waals surface area contributed by atoms with E-state index in [4.69, 9.17) is 12.2 Å². The first-order valence-electron chi connectivity index (χ1n) is 8.60. The number of carbonyl (C=O) groups is 1. The van der Waals surface area contributed by atoms with Gasteiger partial charge in [0.05, 0.1) is 0 Å². The zero-order valence-corrected chi connectivity index (χ0v) is 16.3. The van der Waals surface area contributed by atoms with E-state index in [2.05, 4.69) is 16.5 Å². The lowest BCUT2D eigenvalue weighted by atomic mass is 9.93. The van der Waals surface area contributed by atoms with Crippen molar-refractivity contribution >= 4 is 46.8 Å². The van der Waals surface area contributed by atoms with E-state index in [1.54, 1.807) is 11.8 Å². The van der Waals surface area contributed by atoms with E-state index >= 15 is 0 Å². The summed E-state index contributed by atoms with van der Waals surface area (Å²) >= 11 is 9.33. The second-order valence-corrected chi connectivity index (χ2v) is 9.34. The van der Waals surface area contributed by atoms with Crippen LogP contribution in [-0.4, -0.2) is 75.5 Å². The molecule has 1 aliphatic carbocycles. The van der Waals surface area contributed by atoms with E-state index in [9.17, 15) is 4.79 Å². The minimum absolute atomic E-state index is 0.106. The molecule has 0 aromatic carbocycles. The Morgan fingerprint density at radius 1 is 1.35 bits per heavy atom. The zero-order valence-electron chi connectivity index (χ0n) is 13.9. The average molecular weight is 374 g/mol. The number of nitrogens with one attached hydrogen (secondary N) is 1. The number of nitrogens with zero attached hydrogens (tertiary/aromatic N) is 2. The lowest BCUT2D eigenvalue weighted by Crippen LogP contribution is -2.57. The molecule has 130 valence electrons. The van der Waals surface area contributed by atoms with Gasteiger partial charge in [0.1, 0.15) is 6.04 Å². The molecule has 0 aromatic rings. The van der Waals surface area contributed by atoms with Gasteiger partial charge in [0.2, 0.25) is 0 Å². The lowest BCUT2D eigenvalue weighted by Gasteiger charge is -2.45. The first kappa shape index (κ1) is 17.8. The fourth-order valence-corrected chi connectivity index (χ4v) is 5.77. The van der Waals surface area contributed by atoms with E-state index in [0.29, 0.717) is 5.11 Å². The Balaban J connectivity index is 1.70. The molecule has 0 unspecified atom stereocenters. The van der Waals surface area contributed by atoms with Gasteiger partial charge in [-0.15, -0.1) is 0 Å². The molecular formula is C16H27N3OS3. The molecule has 23 heavy (non-hydrogen) atoms. The fraction of sp³-hybridized carbons (Fsp3) is 0.875. The minimum atomic E-state index is -0.106. The highest BCUT2D eigenvalue weighted by Crippen LogP contribution is 2.38. The van der Waals surface area contributed by atoms with E-state index in [0.717, 1.165) is 31.8 Å². The largest absolute Gasteiger partial charge is 0.350 e. The molecule has 3 fully saturated rings. The molecule has 2 aliphatic heterocycles. The van der Waals surface area contributed by atoms with Gasteiger partial charge in [0, 0.05) is 36.7 Å². The molecule has 0 radical (unpaired) electrons. The van der Waals surface area contributed by atoms with Crippen molar-refractivity contribution in [3.8, 4) is 0 Å². The van der Waals surface area contributed by atoms with Crippen LogP contribution in [-0.2, 0) is 4.79 Å². The van der Waals surface area contributed by atoms with Crippen LogP contribution in [0.1, 0.15) is 32.1 Å². The smallest absolute Gasteiger partial charge is 0.251 e. The van der Waals surface area contributed by atoms with Crippen LogP contribution < -0.4 is 5.32 Å². The number of hydrogen-bond donors (Lipinski definition) is 1. The second-order valence-electron chi connectivity index (χ2n) is 6.74. The minimum Gasteiger partial charge on any atom is -0.350 e. The molecule has 3 aliphatic rings. The summed E-state index contributed by atoms with van der Waals surface area (Å²) in [6.45, 7) is 3.10. The van der Waals surface area contributed by atoms with Gasteiger partial charge in [-0.25, -0.2) is 0 Å². The molecule has 2 saturated heterocycles. The maximum Gasteiger partial charge on any atom is 0.251 e. The zero-order chi connectivity index (χ0) is 16.3. The molecular weight excluding hydrogens is 346 g/mol. The third kappa shape index (κ3) is 3.83. The van der Waals surface area contributed by atoms with Crippen molar-refractivity contribution in [3.63, 3.8) is 0 Å². The topological polar surface area (TPSA) is 35.6 Å². The summed E-state index contributed by atoms with van der Waals surface area (Å²) in [5, 5.41) is 3.91. The first-order chi connectivity index (χ1) is 11.2. The molecule has 1 saturated carbocycles. The van der Waals surface area contributed by atoms with Gasteiger partial charge in [-0.1, -0.05) is 12.8 Å². The predicted molar refractivity (Wildman–Crippen MR) is 104 cm³/mol. The molecule has 2 heterocycles. The molecule has 3 rings (SSSR count). The third-order valence-electron chi connectivity index (χ3n) is 5.39. The predicted octanol–water partition coefficient (Wildman–Crippen LogP) is 2.19. The van der Waals surface area contributed by atoms with Crippen molar-refractivity contribution < 1.29 is 4.79 Å². The van der Waals surface area contributed by atoms with Crippen molar-refractivity contribution in [1.29, 1.82) is 0 Å². The highest BCUT2D eigenvalue weighted by atomic mass is 32.2. The molecule has 0 aromatic heterocycles. The highest BCUT2D eigenvalue weighted by molar-refractivity contribution is 7.99. The van der Waals surface area contributed by atoms with Crippen molar-refractivity contribution in [2.45, 2.75) is 43.7 Å². The van der Waals surface area contributed by atoms with E-state index in [1.165, 1.54) is 37.2 Å². The third-order valence-corrected chi connectivity index (χ3v) is 7.31. The van der Waals surface area contributed by atoms with Crippen molar-refractivity contribution in [1.82, 2.24) is 15.1 Å². The fourth-order valence-electron chi connectivity index (χ4n) is 4.10. The van der Waals surface area contributed by atoms with Crippen LogP contribution in [0, 0.1) is 0 Å². The summed E-state index contributed by atoms with van der Waals surface area (Å²) in [5.74, 6) is 3.62. The van der Waals surface area contributed by atoms with Crippen molar-refractivity contribution in [2.24, 2.45) is 0 Å². The van der Waals surface area contributed by atoms with E-state index in [1.807, 2.05) is 16.7 Å². The van der Waals surface area contributed by atoms with Gasteiger partial charge in [0.25, 0.3) is 5.91 Å². The van der Waals surface area contributed by atoms with Crippen molar-refractivity contribution in [3.05, 3.63) is 0 Å². The Morgan fingerprint density at radius 3 is 2.70 bits per heavy atom. The Hall–Kier alpha value is 0.0200. The van der Waals surface area contributed by atoms with Crippen LogP contribution in [0.25, 0.3) is 0 Å². The Kier molecular flexibility index (Phi) is 6.15. The summed E-state index contributed by atoms with van der Waals surface area (Å²) in [4.78, 5) is 17.3. The number of rotatable bonds is 6. The Morgan fingerprint density at radius 2 is 2.04 bits per heavy atom. The van der Waals surface area contributed by atoms with Gasteiger partial charge in [-0.05, 0) is 43.5 Å². The van der Waals surface area contributed by atoms with Crippen LogP contribution in [0.15, 0.2) is 0 Å². The van der Waals surface area contributed by atoms with Crippen molar-refractivity contribution in [2.75, 3.05) is 43.1 Å². The van der Waals surface area contributed by atoms with Gasteiger partial charge in [-0.2, -0.15) is 23.5 Å². The molecule has 1 N–H and O–H groups in total. The quantitative estimate of drug-likeness (QED) is 0.719. The number of amides is 1. The lowest BCUT2D eigenvalue weighted by molar-refractivity contribution is -0.128. The molecule has 0 bridgehead atoms. The van der Waals surface area contributed by atoms with Crippen LogP contribution >= 0.6 is 35.7 Å². The van der Waals surface area contributed by atoms with Gasteiger partial charge in [-0.3, -0.25) is 14.6 Å². The number of thioether (sulfide) groups is 2. The maximum atomic E-state index is 12.8. The second kappa shape index (κ2) is 7.93. The summed E-state index contributed by atoms with van der Waals surface area (Å²) in [6, 6.07) is -0.106. The molecule has 7 heteroatoms. The molecule has 4 nitrogen and oxygen atoms in total. The van der Waals surface area contributed by atoms with Crippen LogP contribution in [0.5, 0.6) is 0 Å². The molecule has 1 atom stereocenters. The van der Waals surface area contributed by atoms with Crippen LogP contribution in [0.2, 0.25) is 0 Å². The first-order valence-corrected chi connectivity index (χ1v) is 11.6. The van der Waals surface area contributed by atoms with Crippen LogP contribution in [0.4, 0.5) is 0 Å². The van der Waals surface area contributed by atoms with Gasteiger partial charge < -0.3 is 5.32 Å². The van der Waals surface area contributed by atoms with Gasteiger partial charge >= 0.3 is 0 Å². The summed E-state index contributed by atoms with van der Waals surface area (Å²) in [6.07, 6.45) is 7.92. The number of carbonyl (C=O) groups excluding carboxylic acids is 1. The standard InChI is InChI=1S/C16H27N3OS3/c1-22-9-4-13-14(20)19(15(21)17-13)12-16(5-2-3-6-16)18-7-10-23-11-8-18/h13H,2-12H2,1H3,(H,17,21)/t13-/m0/s1. The maximum absolute atomic E-state index is 12.8. The SMILES string of the molecule is CSCC[C@@H]1NC(=S)N(CC2(N3CCSCC3)CCCC2)C1=O. The summed E-state index contributed by atoms with van der Waals surface area (Å²) in [7, 11) is 0. The molecule has 0 spiro atoms. The van der Waals surface area contributed by atoms with Gasteiger partial charge in [0.15, 0.2) is 5.11 Å². The Labute approximate surface area is 153 Å². The Bertz CT molecular complexity index is 448. The highest BCUT2D eigenvalue weighted by Gasteiger charge is 2.45. The normalized spacial score (nSPS) is 28.4. The summed E-state index contributed by atoms with van der Waals surface area (Å²) < 4.78 is 0. The van der Waals surface area contributed by atoms with Crippen LogP contribution in [0.3, 0.4) is 0 Å². The monoisotopic (exact) mass is 373 g/mol. The summed E-state index contributed by atoms with van der Waals surface area (Å²) in [5.41, 5.74) is 0.163. The number of thiocarbonyl (C=S) groups is 1.